The first-order valence-corrected chi connectivity index (χ1v) is 13.7. The third-order valence-corrected chi connectivity index (χ3v) is 9.28. The van der Waals surface area contributed by atoms with Crippen molar-refractivity contribution in [1.82, 2.24) is 20.2 Å². The number of morpholine rings is 1. The van der Waals surface area contributed by atoms with E-state index < -0.39 is 0 Å². The van der Waals surface area contributed by atoms with Gasteiger partial charge in [-0.2, -0.15) is 0 Å². The van der Waals surface area contributed by atoms with Gasteiger partial charge in [0.15, 0.2) is 5.16 Å². The van der Waals surface area contributed by atoms with Crippen molar-refractivity contribution in [3.8, 4) is 0 Å². The van der Waals surface area contributed by atoms with Gasteiger partial charge in [0.2, 0.25) is 5.91 Å². The van der Waals surface area contributed by atoms with Crippen LogP contribution in [-0.2, 0) is 22.4 Å². The number of hydrogen-bond donors (Lipinski definition) is 2. The number of hydrogen-bond acceptors (Lipinski definition) is 7. The summed E-state index contributed by atoms with van der Waals surface area (Å²) in [7, 11) is 0. The molecule has 0 aromatic carbocycles. The van der Waals surface area contributed by atoms with Crippen LogP contribution in [0.4, 0.5) is 0 Å². The number of rotatable bonds is 6. The predicted molar refractivity (Wildman–Crippen MR) is 129 cm³/mol. The first kappa shape index (κ1) is 22.4. The van der Waals surface area contributed by atoms with Gasteiger partial charge < -0.3 is 15.0 Å². The molecule has 5 rings (SSSR count). The summed E-state index contributed by atoms with van der Waals surface area (Å²) in [4.78, 5) is 37.7. The minimum Gasteiger partial charge on any atom is -0.379 e. The lowest BCUT2D eigenvalue weighted by atomic mass is 9.79. The normalized spacial score (nSPS) is 21.4. The van der Waals surface area contributed by atoms with Crippen LogP contribution in [0, 0.1) is 0 Å². The minimum atomic E-state index is -0.0641. The Morgan fingerprint density at radius 2 is 1.94 bits per heavy atom. The molecule has 0 radical (unpaired) electrons. The lowest BCUT2D eigenvalue weighted by molar-refractivity contribution is -0.119. The summed E-state index contributed by atoms with van der Waals surface area (Å²) in [5, 5.41) is 4.50. The number of fused-ring (bicyclic) bond motifs is 3. The maximum atomic E-state index is 12.7. The van der Waals surface area contributed by atoms with Crippen molar-refractivity contribution in [1.29, 1.82) is 0 Å². The molecule has 1 amide bonds. The topological polar surface area (TPSA) is 87.3 Å². The molecule has 3 aliphatic rings. The number of H-pyrrole nitrogens is 1. The summed E-state index contributed by atoms with van der Waals surface area (Å²) in [6.07, 6.45) is 10.3. The van der Waals surface area contributed by atoms with Gasteiger partial charge in [-0.15, -0.1) is 11.3 Å². The number of aromatic amines is 1. The highest BCUT2D eigenvalue weighted by molar-refractivity contribution is 7.99. The number of nitrogens with zero attached hydrogens (tertiary/aromatic N) is 2. The molecule has 1 saturated heterocycles. The van der Waals surface area contributed by atoms with Crippen molar-refractivity contribution in [3.05, 3.63) is 20.8 Å². The van der Waals surface area contributed by atoms with E-state index in [1.165, 1.54) is 47.9 Å². The second-order valence-electron chi connectivity index (χ2n) is 9.21. The summed E-state index contributed by atoms with van der Waals surface area (Å²) in [6, 6.07) is 0. The number of carbonyl (C=O) groups excluding carboxylic acids is 1. The predicted octanol–water partition coefficient (Wildman–Crippen LogP) is 3.11. The van der Waals surface area contributed by atoms with Crippen LogP contribution in [-0.4, -0.2) is 64.9 Å². The van der Waals surface area contributed by atoms with Crippen LogP contribution < -0.4 is 10.9 Å². The Kier molecular flexibility index (Phi) is 6.87. The van der Waals surface area contributed by atoms with Gasteiger partial charge in [-0.25, -0.2) is 4.98 Å². The van der Waals surface area contributed by atoms with Gasteiger partial charge >= 0.3 is 0 Å². The average molecular weight is 477 g/mol. The number of nitrogens with one attached hydrogen (secondary N) is 2. The zero-order valence-corrected chi connectivity index (χ0v) is 20.2. The van der Waals surface area contributed by atoms with E-state index in [0.29, 0.717) is 11.7 Å². The Hall–Kier alpha value is -1.42. The minimum absolute atomic E-state index is 0.00132. The van der Waals surface area contributed by atoms with Crippen LogP contribution in [0.15, 0.2) is 9.95 Å². The Bertz CT molecular complexity index is 1020. The molecule has 32 heavy (non-hydrogen) atoms. The molecule has 2 N–H and O–H groups in total. The van der Waals surface area contributed by atoms with Crippen LogP contribution in [0.5, 0.6) is 0 Å². The van der Waals surface area contributed by atoms with Crippen LogP contribution in [0.2, 0.25) is 0 Å². The highest BCUT2D eigenvalue weighted by atomic mass is 32.2. The lowest BCUT2D eigenvalue weighted by Gasteiger charge is -2.48. The van der Waals surface area contributed by atoms with Crippen molar-refractivity contribution in [2.45, 2.75) is 68.5 Å². The molecule has 3 heterocycles. The standard InChI is InChI=1S/C23H32N4O3S2/c28-18(24-15-23(8-4-1-5-9-23)27-10-12-30-13-11-27)14-31-22-25-20(29)19-16-6-2-3-7-17(16)32-21(19)26-22/h1-15H2,(H,24,28)(H,25,26,29). The molecule has 2 aromatic heterocycles. The number of carbonyl (C=O) groups is 1. The maximum Gasteiger partial charge on any atom is 0.260 e. The Labute approximate surface area is 196 Å². The highest BCUT2D eigenvalue weighted by Gasteiger charge is 2.38. The van der Waals surface area contributed by atoms with Gasteiger partial charge in [-0.05, 0) is 44.1 Å². The quantitative estimate of drug-likeness (QED) is 0.492. The van der Waals surface area contributed by atoms with Crippen LogP contribution >= 0.6 is 23.1 Å². The van der Waals surface area contributed by atoms with Gasteiger partial charge in [0.1, 0.15) is 4.83 Å². The molecule has 2 fully saturated rings. The van der Waals surface area contributed by atoms with Gasteiger partial charge in [0.05, 0.1) is 24.4 Å². The van der Waals surface area contributed by atoms with Crippen molar-refractivity contribution in [2.75, 3.05) is 38.6 Å². The monoisotopic (exact) mass is 476 g/mol. The lowest BCUT2D eigenvalue weighted by Crippen LogP contribution is -2.59. The molecule has 2 aromatic rings. The highest BCUT2D eigenvalue weighted by Crippen LogP contribution is 2.35. The van der Waals surface area contributed by atoms with E-state index in [9.17, 15) is 9.59 Å². The molecule has 2 aliphatic carbocycles. The van der Waals surface area contributed by atoms with E-state index in [1.807, 2.05) is 0 Å². The maximum absolute atomic E-state index is 12.7. The molecule has 1 aliphatic heterocycles. The molecule has 9 heteroatoms. The van der Waals surface area contributed by atoms with Crippen molar-refractivity contribution >= 4 is 39.2 Å². The van der Waals surface area contributed by atoms with Crippen LogP contribution in [0.3, 0.4) is 0 Å². The summed E-state index contributed by atoms with van der Waals surface area (Å²) in [6.45, 7) is 4.13. The number of thiophene rings is 1. The van der Waals surface area contributed by atoms with E-state index in [1.54, 1.807) is 11.3 Å². The van der Waals surface area contributed by atoms with Gasteiger partial charge in [0.25, 0.3) is 5.56 Å². The number of ether oxygens (including phenoxy) is 1. The summed E-state index contributed by atoms with van der Waals surface area (Å²) < 4.78 is 5.55. The van der Waals surface area contributed by atoms with E-state index in [2.05, 4.69) is 20.2 Å². The van der Waals surface area contributed by atoms with Crippen LogP contribution in [0.25, 0.3) is 10.2 Å². The third kappa shape index (κ3) is 4.62. The number of amides is 1. The number of aryl methyl sites for hydroxylation is 2. The largest absolute Gasteiger partial charge is 0.379 e. The number of thioether (sulfide) groups is 1. The van der Waals surface area contributed by atoms with Crippen molar-refractivity contribution < 1.29 is 9.53 Å². The fraction of sp³-hybridized carbons (Fsp3) is 0.696. The molecule has 0 bridgehead atoms. The summed E-state index contributed by atoms with van der Waals surface area (Å²) >= 11 is 2.96. The molecule has 174 valence electrons. The molecule has 1 saturated carbocycles. The summed E-state index contributed by atoms with van der Waals surface area (Å²) in [5.74, 6) is 0.264. The van der Waals surface area contributed by atoms with Crippen molar-refractivity contribution in [3.63, 3.8) is 0 Å². The van der Waals surface area contributed by atoms with E-state index >= 15 is 0 Å². The second-order valence-corrected chi connectivity index (χ2v) is 11.3. The number of aromatic nitrogens is 2. The first-order valence-electron chi connectivity index (χ1n) is 11.9. The molecule has 0 atom stereocenters. The van der Waals surface area contributed by atoms with Gasteiger partial charge in [-0.3, -0.25) is 14.5 Å². The van der Waals surface area contributed by atoms with Crippen LogP contribution in [0.1, 0.15) is 55.4 Å². The van der Waals surface area contributed by atoms with E-state index in [-0.39, 0.29) is 22.8 Å². The Balaban J connectivity index is 1.22. The third-order valence-electron chi connectivity index (χ3n) is 7.22. The van der Waals surface area contributed by atoms with E-state index in [0.717, 1.165) is 68.6 Å². The molecule has 0 spiro atoms. The molecular formula is C23H32N4O3S2. The molecule has 7 nitrogen and oxygen atoms in total. The summed E-state index contributed by atoms with van der Waals surface area (Å²) in [5.41, 5.74) is 1.19. The van der Waals surface area contributed by atoms with Gasteiger partial charge in [0, 0.05) is 30.1 Å². The Morgan fingerprint density at radius 3 is 2.75 bits per heavy atom. The SMILES string of the molecule is O=C(CSc1nc2sc3c(c2c(=O)[nH]1)CCCC3)NCC1(N2CCOCC2)CCCCC1. The smallest absolute Gasteiger partial charge is 0.260 e. The molecular weight excluding hydrogens is 444 g/mol. The first-order chi connectivity index (χ1) is 15.6. The van der Waals surface area contributed by atoms with Crippen molar-refractivity contribution in [2.24, 2.45) is 0 Å². The van der Waals surface area contributed by atoms with E-state index in [4.69, 9.17) is 4.74 Å². The zero-order valence-electron chi connectivity index (χ0n) is 18.5. The molecule has 0 unspecified atom stereocenters. The fourth-order valence-corrected chi connectivity index (χ4v) is 7.52. The second kappa shape index (κ2) is 9.83. The fourth-order valence-electron chi connectivity index (χ4n) is 5.51. The van der Waals surface area contributed by atoms with Gasteiger partial charge in [-0.1, -0.05) is 31.0 Å². The zero-order chi connectivity index (χ0) is 22.0. The Morgan fingerprint density at radius 1 is 1.16 bits per heavy atom. The average Bonchev–Trinajstić information content (AvgIpc) is 3.21.